The predicted octanol–water partition coefficient (Wildman–Crippen LogP) is 1.24. The van der Waals surface area contributed by atoms with Crippen molar-refractivity contribution >= 4 is 28.9 Å². The van der Waals surface area contributed by atoms with Gasteiger partial charge in [0.15, 0.2) is 5.71 Å². The second-order valence-electron chi connectivity index (χ2n) is 4.85. The Morgan fingerprint density at radius 2 is 2.00 bits per heavy atom. The van der Waals surface area contributed by atoms with Crippen LogP contribution in [0, 0.1) is 0 Å². The number of hydrazone groups is 1. The van der Waals surface area contributed by atoms with Crippen molar-refractivity contribution in [1.29, 1.82) is 0 Å². The molecule has 0 bridgehead atoms. The fourth-order valence-electron chi connectivity index (χ4n) is 2.26. The van der Waals surface area contributed by atoms with Crippen molar-refractivity contribution in [2.75, 3.05) is 38.5 Å². The molecule has 0 radical (unpaired) electrons. The summed E-state index contributed by atoms with van der Waals surface area (Å²) in [5.74, 6) is -0.156. The molecule has 0 unspecified atom stereocenters. The largest absolute Gasteiger partial charge is 0.320 e. The third-order valence-corrected chi connectivity index (χ3v) is 3.66. The van der Waals surface area contributed by atoms with Gasteiger partial charge < -0.3 is 10.2 Å². The Morgan fingerprint density at radius 3 is 2.74 bits per heavy atom. The minimum Gasteiger partial charge on any atom is -0.320 e. The number of halogens is 1. The van der Waals surface area contributed by atoms with E-state index in [0.717, 1.165) is 37.4 Å². The maximum atomic E-state index is 12.0. The first kappa shape index (κ1) is 12.4. The molecule has 1 N–H and O–H groups in total. The first-order valence-electron chi connectivity index (χ1n) is 6.27. The highest BCUT2D eigenvalue weighted by Crippen LogP contribution is 2.26. The summed E-state index contributed by atoms with van der Waals surface area (Å²) in [6.45, 7) is 3.59. The molecular formula is C13H15ClN4O. The average molecular weight is 279 g/mol. The van der Waals surface area contributed by atoms with Gasteiger partial charge in [-0.25, -0.2) is 0 Å². The van der Waals surface area contributed by atoms with Gasteiger partial charge in [-0.15, -0.1) is 0 Å². The van der Waals surface area contributed by atoms with Crippen molar-refractivity contribution in [2.45, 2.75) is 0 Å². The maximum Gasteiger partial charge on any atom is 0.276 e. The highest BCUT2D eigenvalue weighted by molar-refractivity contribution is 6.54. The molecule has 1 amide bonds. The van der Waals surface area contributed by atoms with E-state index in [-0.39, 0.29) is 5.91 Å². The SMILES string of the molecule is CN1CCN(N=C2C(=O)Nc3ccc(Cl)cc32)CC1. The molecule has 100 valence electrons. The third-order valence-electron chi connectivity index (χ3n) is 3.42. The molecule has 5 nitrogen and oxygen atoms in total. The number of piperazine rings is 1. The van der Waals surface area contributed by atoms with Crippen molar-refractivity contribution in [3.05, 3.63) is 28.8 Å². The fourth-order valence-corrected chi connectivity index (χ4v) is 2.43. The van der Waals surface area contributed by atoms with Gasteiger partial charge in [-0.3, -0.25) is 9.80 Å². The Kier molecular flexibility index (Phi) is 3.16. The van der Waals surface area contributed by atoms with Gasteiger partial charge in [0.2, 0.25) is 0 Å². The maximum absolute atomic E-state index is 12.0. The third kappa shape index (κ3) is 2.43. The summed E-state index contributed by atoms with van der Waals surface area (Å²) in [5, 5.41) is 9.85. The summed E-state index contributed by atoms with van der Waals surface area (Å²) in [5.41, 5.74) is 2.03. The lowest BCUT2D eigenvalue weighted by Crippen LogP contribution is -2.42. The van der Waals surface area contributed by atoms with Crippen molar-refractivity contribution in [2.24, 2.45) is 5.10 Å². The molecule has 1 fully saturated rings. The topological polar surface area (TPSA) is 47.9 Å². The lowest BCUT2D eigenvalue weighted by atomic mass is 10.1. The molecule has 0 atom stereocenters. The van der Waals surface area contributed by atoms with Crippen LogP contribution in [0.15, 0.2) is 23.3 Å². The molecular weight excluding hydrogens is 264 g/mol. The number of hydrogen-bond donors (Lipinski definition) is 1. The predicted molar refractivity (Wildman–Crippen MR) is 75.7 cm³/mol. The highest BCUT2D eigenvalue weighted by atomic mass is 35.5. The number of rotatable bonds is 1. The van der Waals surface area contributed by atoms with Crippen LogP contribution in [0.3, 0.4) is 0 Å². The van der Waals surface area contributed by atoms with Crippen LogP contribution >= 0.6 is 11.6 Å². The van der Waals surface area contributed by atoms with E-state index < -0.39 is 0 Å². The number of hydrogen-bond acceptors (Lipinski definition) is 4. The Bertz CT molecular complexity index is 550. The number of carbonyl (C=O) groups is 1. The van der Waals surface area contributed by atoms with Gasteiger partial charge in [0, 0.05) is 36.8 Å². The first-order chi connectivity index (χ1) is 9.13. The fraction of sp³-hybridized carbons (Fsp3) is 0.385. The van der Waals surface area contributed by atoms with Crippen LogP contribution in [0.2, 0.25) is 5.02 Å². The van der Waals surface area contributed by atoms with Crippen molar-refractivity contribution in [1.82, 2.24) is 9.91 Å². The summed E-state index contributed by atoms with van der Waals surface area (Å²) in [7, 11) is 2.09. The number of nitrogens with one attached hydrogen (secondary N) is 1. The number of carbonyl (C=O) groups excluding carboxylic acids is 1. The number of benzene rings is 1. The van der Waals surface area contributed by atoms with E-state index >= 15 is 0 Å². The van der Waals surface area contributed by atoms with Crippen molar-refractivity contribution in [3.63, 3.8) is 0 Å². The Labute approximate surface area is 116 Å². The van der Waals surface area contributed by atoms with Crippen molar-refractivity contribution < 1.29 is 4.79 Å². The van der Waals surface area contributed by atoms with E-state index in [9.17, 15) is 4.79 Å². The Morgan fingerprint density at radius 1 is 1.26 bits per heavy atom. The monoisotopic (exact) mass is 278 g/mol. The number of likely N-dealkylation sites (N-methyl/N-ethyl adjacent to an activating group) is 1. The van der Waals surface area contributed by atoms with E-state index in [1.165, 1.54) is 0 Å². The zero-order chi connectivity index (χ0) is 13.4. The molecule has 1 aromatic carbocycles. The van der Waals surface area contributed by atoms with E-state index in [1.807, 2.05) is 11.1 Å². The normalized spacial score (nSPS) is 21.7. The number of nitrogens with zero attached hydrogens (tertiary/aromatic N) is 3. The molecule has 1 aromatic rings. The molecule has 2 aliphatic rings. The molecule has 19 heavy (non-hydrogen) atoms. The molecule has 0 aromatic heterocycles. The van der Waals surface area contributed by atoms with Crippen LogP contribution in [0.1, 0.15) is 5.56 Å². The van der Waals surface area contributed by atoms with E-state index in [4.69, 9.17) is 11.6 Å². The smallest absolute Gasteiger partial charge is 0.276 e. The van der Waals surface area contributed by atoms with Crippen LogP contribution in [-0.2, 0) is 4.79 Å². The molecule has 0 saturated carbocycles. The average Bonchev–Trinajstić information content (AvgIpc) is 2.69. The highest BCUT2D eigenvalue weighted by Gasteiger charge is 2.27. The van der Waals surface area contributed by atoms with E-state index in [2.05, 4.69) is 22.4 Å². The zero-order valence-corrected chi connectivity index (χ0v) is 11.4. The van der Waals surface area contributed by atoms with Crippen LogP contribution in [0.4, 0.5) is 5.69 Å². The zero-order valence-electron chi connectivity index (χ0n) is 10.7. The van der Waals surface area contributed by atoms with Gasteiger partial charge in [-0.1, -0.05) is 11.6 Å². The molecule has 2 heterocycles. The number of fused-ring (bicyclic) bond motifs is 1. The van der Waals surface area contributed by atoms with Gasteiger partial charge in [-0.05, 0) is 25.2 Å². The minimum absolute atomic E-state index is 0.156. The second kappa shape index (κ2) is 4.83. The summed E-state index contributed by atoms with van der Waals surface area (Å²) in [4.78, 5) is 14.2. The number of anilines is 1. The summed E-state index contributed by atoms with van der Waals surface area (Å²) in [6.07, 6.45) is 0. The van der Waals surface area contributed by atoms with E-state index in [0.29, 0.717) is 10.7 Å². The molecule has 0 spiro atoms. The molecule has 0 aliphatic carbocycles. The lowest BCUT2D eigenvalue weighted by Gasteiger charge is -2.30. The quantitative estimate of drug-likeness (QED) is 0.841. The summed E-state index contributed by atoms with van der Waals surface area (Å²) in [6, 6.07) is 5.35. The molecule has 3 rings (SSSR count). The number of amides is 1. The molecule has 2 aliphatic heterocycles. The van der Waals surface area contributed by atoms with Gasteiger partial charge in [0.05, 0.1) is 5.69 Å². The Hall–Kier alpha value is -1.59. The second-order valence-corrected chi connectivity index (χ2v) is 5.29. The molecule has 6 heteroatoms. The van der Waals surface area contributed by atoms with Gasteiger partial charge in [0.1, 0.15) is 0 Å². The van der Waals surface area contributed by atoms with Gasteiger partial charge >= 0.3 is 0 Å². The van der Waals surface area contributed by atoms with Crippen LogP contribution in [0.5, 0.6) is 0 Å². The van der Waals surface area contributed by atoms with Crippen LogP contribution < -0.4 is 5.32 Å². The lowest BCUT2D eigenvalue weighted by molar-refractivity contribution is -0.110. The first-order valence-corrected chi connectivity index (χ1v) is 6.64. The van der Waals surface area contributed by atoms with Crippen LogP contribution in [-0.4, -0.2) is 54.8 Å². The Balaban J connectivity index is 1.89. The summed E-state index contributed by atoms with van der Waals surface area (Å²) >= 11 is 5.98. The molecule has 1 saturated heterocycles. The van der Waals surface area contributed by atoms with E-state index in [1.54, 1.807) is 12.1 Å². The summed E-state index contributed by atoms with van der Waals surface area (Å²) < 4.78 is 0. The van der Waals surface area contributed by atoms with Crippen molar-refractivity contribution in [3.8, 4) is 0 Å². The van der Waals surface area contributed by atoms with Gasteiger partial charge in [0.25, 0.3) is 5.91 Å². The standard InChI is InChI=1S/C13H15ClN4O/c1-17-4-6-18(7-5-17)16-12-10-8-9(14)2-3-11(10)15-13(12)19/h2-3,8H,4-7H2,1H3,(H,15,16,19). The minimum atomic E-state index is -0.156. The van der Waals surface area contributed by atoms with Gasteiger partial charge in [-0.2, -0.15) is 5.10 Å². The van der Waals surface area contributed by atoms with Crippen LogP contribution in [0.25, 0.3) is 0 Å².